The van der Waals surface area contributed by atoms with Gasteiger partial charge in [-0.15, -0.1) is 0 Å². The number of esters is 1. The second-order valence-corrected chi connectivity index (χ2v) is 6.09. The maximum atomic E-state index is 12.3. The molecular formula is C13H17N3O4S. The van der Waals surface area contributed by atoms with Gasteiger partial charge in [-0.25, -0.2) is 9.79 Å². The molecule has 3 rings (SSSR count). The summed E-state index contributed by atoms with van der Waals surface area (Å²) in [6.45, 7) is 2.64. The third-order valence-corrected chi connectivity index (χ3v) is 4.62. The molecule has 0 spiro atoms. The number of nitrogens with zero attached hydrogens (tertiary/aromatic N) is 3. The van der Waals surface area contributed by atoms with Crippen LogP contribution in [0, 0.1) is 0 Å². The van der Waals surface area contributed by atoms with Crippen LogP contribution in [0.5, 0.6) is 0 Å². The molecule has 114 valence electrons. The number of hydrogen-bond donors (Lipinski definition) is 0. The minimum Gasteiger partial charge on any atom is -0.466 e. The van der Waals surface area contributed by atoms with Crippen LogP contribution in [0.25, 0.3) is 6.08 Å². The Morgan fingerprint density at radius 3 is 3.19 bits per heavy atom. The Morgan fingerprint density at radius 2 is 2.48 bits per heavy atom. The van der Waals surface area contributed by atoms with Gasteiger partial charge >= 0.3 is 5.97 Å². The molecule has 0 radical (unpaired) electrons. The van der Waals surface area contributed by atoms with E-state index in [2.05, 4.69) is 14.6 Å². The van der Waals surface area contributed by atoms with Gasteiger partial charge in [0.15, 0.2) is 4.80 Å². The Balaban J connectivity index is 1.81. The quantitative estimate of drug-likeness (QED) is 0.662. The summed E-state index contributed by atoms with van der Waals surface area (Å²) in [6, 6.07) is 0. The van der Waals surface area contributed by atoms with Gasteiger partial charge in [-0.3, -0.25) is 14.3 Å². The van der Waals surface area contributed by atoms with Crippen molar-refractivity contribution in [1.82, 2.24) is 9.47 Å². The van der Waals surface area contributed by atoms with Crippen LogP contribution in [0.3, 0.4) is 0 Å². The first-order valence-electron chi connectivity index (χ1n) is 6.85. The van der Waals surface area contributed by atoms with E-state index in [1.807, 2.05) is 0 Å². The fourth-order valence-corrected chi connectivity index (χ4v) is 3.44. The van der Waals surface area contributed by atoms with Gasteiger partial charge in [0.25, 0.3) is 5.56 Å². The molecule has 2 aliphatic heterocycles. The number of carbonyl (C=O) groups is 1. The molecule has 0 saturated carbocycles. The molecule has 1 unspecified atom stereocenters. The predicted molar refractivity (Wildman–Crippen MR) is 76.4 cm³/mol. The minimum atomic E-state index is -0.525. The molecule has 2 aliphatic rings. The summed E-state index contributed by atoms with van der Waals surface area (Å²) >= 11 is 1.22. The van der Waals surface area contributed by atoms with Crippen LogP contribution in [0.2, 0.25) is 0 Å². The van der Waals surface area contributed by atoms with E-state index in [0.29, 0.717) is 22.7 Å². The summed E-state index contributed by atoms with van der Waals surface area (Å²) in [5.74, 6) is -0.525. The average Bonchev–Trinajstić information content (AvgIpc) is 3.09. The summed E-state index contributed by atoms with van der Waals surface area (Å²) < 4.78 is 12.1. The van der Waals surface area contributed by atoms with Crippen molar-refractivity contribution in [2.75, 3.05) is 26.9 Å². The van der Waals surface area contributed by atoms with Gasteiger partial charge < -0.3 is 9.47 Å². The van der Waals surface area contributed by atoms with Crippen molar-refractivity contribution >= 4 is 23.4 Å². The van der Waals surface area contributed by atoms with Gasteiger partial charge in [0.05, 0.1) is 26.6 Å². The summed E-state index contributed by atoms with van der Waals surface area (Å²) in [4.78, 5) is 30.7. The molecule has 1 aromatic heterocycles. The van der Waals surface area contributed by atoms with Crippen LogP contribution in [0.1, 0.15) is 12.8 Å². The zero-order chi connectivity index (χ0) is 14.8. The van der Waals surface area contributed by atoms with Gasteiger partial charge in [0.2, 0.25) is 0 Å². The van der Waals surface area contributed by atoms with E-state index in [1.54, 1.807) is 4.57 Å². The summed E-state index contributed by atoms with van der Waals surface area (Å²) in [7, 11) is 1.29. The molecule has 21 heavy (non-hydrogen) atoms. The number of ether oxygens (including phenoxy) is 2. The van der Waals surface area contributed by atoms with Crippen molar-refractivity contribution in [2.24, 2.45) is 4.99 Å². The third-order valence-electron chi connectivity index (χ3n) is 3.57. The van der Waals surface area contributed by atoms with Gasteiger partial charge in [-0.2, -0.15) is 0 Å². The Morgan fingerprint density at radius 1 is 1.62 bits per heavy atom. The number of fused-ring (bicyclic) bond motifs is 1. The highest BCUT2D eigenvalue weighted by molar-refractivity contribution is 7.07. The summed E-state index contributed by atoms with van der Waals surface area (Å²) in [5, 5.41) is 0. The van der Waals surface area contributed by atoms with E-state index in [9.17, 15) is 9.59 Å². The Bertz CT molecular complexity index is 702. The van der Waals surface area contributed by atoms with Gasteiger partial charge in [-0.1, -0.05) is 11.3 Å². The van der Waals surface area contributed by atoms with Crippen molar-refractivity contribution in [3.63, 3.8) is 0 Å². The zero-order valence-corrected chi connectivity index (χ0v) is 12.6. The molecule has 1 saturated heterocycles. The van der Waals surface area contributed by atoms with E-state index < -0.39 is 5.97 Å². The standard InChI is InChI=1S/C13H17N3O4S/c1-19-11(17)5-10-12(18)16-8-15(7-14-13(16)21-10)6-9-3-2-4-20-9/h5,9H,2-4,6-8H2,1H3. The van der Waals surface area contributed by atoms with E-state index in [4.69, 9.17) is 4.74 Å². The fourth-order valence-electron chi connectivity index (χ4n) is 2.51. The normalized spacial score (nSPS) is 22.9. The highest BCUT2D eigenvalue weighted by Crippen LogP contribution is 2.13. The highest BCUT2D eigenvalue weighted by Gasteiger charge is 2.22. The molecule has 1 aromatic rings. The maximum absolute atomic E-state index is 12.3. The SMILES string of the molecule is COC(=O)C=c1sc2n(c1=O)CN(CC1CCCO1)CN=2. The summed E-state index contributed by atoms with van der Waals surface area (Å²) in [6.07, 6.45) is 3.61. The molecule has 1 fully saturated rings. The lowest BCUT2D eigenvalue weighted by Gasteiger charge is -2.25. The van der Waals surface area contributed by atoms with Gasteiger partial charge in [0.1, 0.15) is 4.53 Å². The van der Waals surface area contributed by atoms with Gasteiger partial charge in [-0.05, 0) is 12.8 Å². The topological polar surface area (TPSA) is 73.1 Å². The number of hydrogen-bond acceptors (Lipinski definition) is 7. The monoisotopic (exact) mass is 311 g/mol. The maximum Gasteiger partial charge on any atom is 0.332 e. The second-order valence-electron chi connectivity index (χ2n) is 5.08. The van der Waals surface area contributed by atoms with Crippen molar-refractivity contribution in [2.45, 2.75) is 25.6 Å². The smallest absolute Gasteiger partial charge is 0.332 e. The minimum absolute atomic E-state index is 0.193. The van der Waals surface area contributed by atoms with Crippen LogP contribution in [0.15, 0.2) is 9.79 Å². The van der Waals surface area contributed by atoms with E-state index in [1.165, 1.54) is 24.5 Å². The molecule has 0 bridgehead atoms. The van der Waals surface area contributed by atoms with Crippen LogP contribution in [0.4, 0.5) is 0 Å². The van der Waals surface area contributed by atoms with E-state index >= 15 is 0 Å². The highest BCUT2D eigenvalue weighted by atomic mass is 32.1. The first kappa shape index (κ1) is 14.4. The lowest BCUT2D eigenvalue weighted by molar-refractivity contribution is -0.133. The second kappa shape index (κ2) is 6.08. The molecule has 1 atom stereocenters. The number of thiazole rings is 1. The largest absolute Gasteiger partial charge is 0.466 e. The molecule has 3 heterocycles. The molecule has 0 aromatic carbocycles. The van der Waals surface area contributed by atoms with E-state index in [0.717, 1.165) is 26.0 Å². The van der Waals surface area contributed by atoms with Crippen molar-refractivity contribution in [1.29, 1.82) is 0 Å². The Hall–Kier alpha value is -1.51. The molecular weight excluding hydrogens is 294 g/mol. The Kier molecular flexibility index (Phi) is 4.18. The first-order valence-corrected chi connectivity index (χ1v) is 7.67. The van der Waals surface area contributed by atoms with Crippen molar-refractivity contribution in [3.8, 4) is 0 Å². The van der Waals surface area contributed by atoms with E-state index in [-0.39, 0.29) is 11.7 Å². The molecule has 0 amide bonds. The number of methoxy groups -OCH3 is 1. The molecule has 7 nitrogen and oxygen atoms in total. The molecule has 8 heteroatoms. The predicted octanol–water partition coefficient (Wildman–Crippen LogP) is -1.11. The van der Waals surface area contributed by atoms with Crippen LogP contribution in [-0.4, -0.2) is 48.5 Å². The molecule has 0 N–H and O–H groups in total. The number of carbonyl (C=O) groups excluding carboxylic acids is 1. The lowest BCUT2D eigenvalue weighted by Crippen LogP contribution is -2.45. The van der Waals surface area contributed by atoms with Gasteiger partial charge in [0, 0.05) is 19.2 Å². The average molecular weight is 311 g/mol. The van der Waals surface area contributed by atoms with Crippen LogP contribution < -0.4 is 14.9 Å². The van der Waals surface area contributed by atoms with Crippen molar-refractivity contribution < 1.29 is 14.3 Å². The lowest BCUT2D eigenvalue weighted by atomic mass is 10.2. The summed E-state index contributed by atoms with van der Waals surface area (Å²) in [5.41, 5.74) is -0.193. The van der Waals surface area contributed by atoms with Crippen molar-refractivity contribution in [3.05, 3.63) is 19.7 Å². The number of rotatable bonds is 3. The third kappa shape index (κ3) is 3.07. The zero-order valence-electron chi connectivity index (χ0n) is 11.8. The first-order chi connectivity index (χ1) is 10.2. The number of aromatic nitrogens is 1. The van der Waals surface area contributed by atoms with Crippen LogP contribution >= 0.6 is 11.3 Å². The fraction of sp³-hybridized carbons (Fsp3) is 0.615. The molecule has 0 aliphatic carbocycles. The van der Waals surface area contributed by atoms with Crippen LogP contribution in [-0.2, 0) is 20.9 Å². The Labute approximate surface area is 125 Å².